The molecule has 0 heterocycles. The summed E-state index contributed by atoms with van der Waals surface area (Å²) in [5, 5.41) is 2.71. The lowest BCUT2D eigenvalue weighted by atomic mass is 10.1. The molecule has 0 saturated heterocycles. The van der Waals surface area contributed by atoms with Crippen LogP contribution in [0.3, 0.4) is 0 Å². The summed E-state index contributed by atoms with van der Waals surface area (Å²) in [5.74, 6) is -0.879. The molecular weight excluding hydrogens is 553 g/mol. The van der Waals surface area contributed by atoms with Crippen molar-refractivity contribution in [3.8, 4) is 0 Å². The van der Waals surface area contributed by atoms with Crippen LogP contribution in [-0.2, 0) is 26.6 Å². The molecule has 0 fully saturated rings. The largest absolute Gasteiger partial charge is 0.322 e. The number of nitrogens with one attached hydrogen (secondary N) is 2. The molecule has 4 aromatic rings. The summed E-state index contributed by atoms with van der Waals surface area (Å²) in [4.78, 5) is 12.8. The van der Waals surface area contributed by atoms with Crippen molar-refractivity contribution in [2.24, 2.45) is 0 Å². The Morgan fingerprint density at radius 3 is 2.05 bits per heavy atom. The maximum Gasteiger partial charge on any atom is 0.261 e. The van der Waals surface area contributed by atoms with E-state index in [4.69, 9.17) is 0 Å². The van der Waals surface area contributed by atoms with E-state index in [1.165, 1.54) is 72.8 Å². The van der Waals surface area contributed by atoms with Crippen LogP contribution in [0, 0.1) is 19.7 Å². The van der Waals surface area contributed by atoms with Gasteiger partial charge in [-0.1, -0.05) is 24.3 Å². The minimum absolute atomic E-state index is 0.00177. The van der Waals surface area contributed by atoms with Crippen LogP contribution in [0.2, 0.25) is 0 Å². The van der Waals surface area contributed by atoms with E-state index in [9.17, 15) is 26.0 Å². The van der Waals surface area contributed by atoms with Crippen LogP contribution in [0.5, 0.6) is 0 Å². The molecule has 208 valence electrons. The van der Waals surface area contributed by atoms with Gasteiger partial charge in [0.25, 0.3) is 15.9 Å². The Bertz CT molecular complexity index is 1740. The maximum absolute atomic E-state index is 13.2. The minimum atomic E-state index is -3.83. The number of carbonyl (C=O) groups is 1. The Morgan fingerprint density at radius 2 is 1.45 bits per heavy atom. The predicted octanol–water partition coefficient (Wildman–Crippen LogP) is 5.46. The fourth-order valence-electron chi connectivity index (χ4n) is 3.90. The van der Waals surface area contributed by atoms with Crippen LogP contribution in [0.15, 0.2) is 95.9 Å². The number of amides is 1. The van der Waals surface area contributed by atoms with Crippen LogP contribution >= 0.6 is 0 Å². The lowest BCUT2D eigenvalue weighted by Gasteiger charge is -2.22. The molecule has 0 bridgehead atoms. The Morgan fingerprint density at radius 1 is 0.825 bits per heavy atom. The molecule has 8 nitrogen and oxygen atoms in total. The van der Waals surface area contributed by atoms with Gasteiger partial charge in [-0.3, -0.25) is 13.8 Å². The highest BCUT2D eigenvalue weighted by molar-refractivity contribution is 7.92. The SMILES string of the molecule is Cc1ccc(C)c(NS(=O)(=O)c2ccc(NC(=O)c3ccc(N(Cc4ccc(F)cc4)S(C)(=O)=O)cc3)cc2)c1. The summed E-state index contributed by atoms with van der Waals surface area (Å²) in [5.41, 5.74) is 3.80. The molecule has 11 heteroatoms. The van der Waals surface area contributed by atoms with Crippen molar-refractivity contribution in [1.82, 2.24) is 0 Å². The molecule has 0 aromatic heterocycles. The first-order chi connectivity index (χ1) is 18.8. The van der Waals surface area contributed by atoms with Gasteiger partial charge in [-0.05, 0) is 97.3 Å². The van der Waals surface area contributed by atoms with Gasteiger partial charge in [0.1, 0.15) is 5.82 Å². The average molecular weight is 582 g/mol. The molecule has 0 aliphatic heterocycles. The molecule has 1 amide bonds. The number of anilines is 3. The third-order valence-corrected chi connectivity index (χ3v) is 8.64. The van der Waals surface area contributed by atoms with Gasteiger partial charge in [0.2, 0.25) is 10.0 Å². The molecule has 0 aliphatic carbocycles. The minimum Gasteiger partial charge on any atom is -0.322 e. The first-order valence-electron chi connectivity index (χ1n) is 12.2. The number of benzene rings is 4. The number of rotatable bonds is 9. The van der Waals surface area contributed by atoms with E-state index in [1.807, 2.05) is 26.0 Å². The number of aryl methyl sites for hydroxylation is 2. The highest BCUT2D eigenvalue weighted by Crippen LogP contribution is 2.24. The zero-order valence-corrected chi connectivity index (χ0v) is 23.7. The van der Waals surface area contributed by atoms with Crippen molar-refractivity contribution in [2.75, 3.05) is 20.6 Å². The lowest BCUT2D eigenvalue weighted by Crippen LogP contribution is -2.29. The highest BCUT2D eigenvalue weighted by atomic mass is 32.2. The number of halogens is 1. The molecule has 4 rings (SSSR count). The standard InChI is InChI=1S/C29H28FN3O5S2/c1-20-4-5-21(2)28(18-20)32-40(37,38)27-16-12-25(13-17-27)31-29(34)23-8-14-26(15-9-23)33(39(3,35)36)19-22-6-10-24(30)11-7-22/h4-18,32H,19H2,1-3H3,(H,31,34). The van der Waals surface area contributed by atoms with Crippen LogP contribution < -0.4 is 14.3 Å². The molecule has 0 atom stereocenters. The van der Waals surface area contributed by atoms with Crippen molar-refractivity contribution in [1.29, 1.82) is 0 Å². The highest BCUT2D eigenvalue weighted by Gasteiger charge is 2.19. The molecule has 0 radical (unpaired) electrons. The molecule has 0 unspecified atom stereocenters. The van der Waals surface area contributed by atoms with Gasteiger partial charge in [0.15, 0.2) is 0 Å². The third-order valence-electron chi connectivity index (χ3n) is 6.12. The van der Waals surface area contributed by atoms with E-state index in [0.717, 1.165) is 21.7 Å². The summed E-state index contributed by atoms with van der Waals surface area (Å²) >= 11 is 0. The van der Waals surface area contributed by atoms with E-state index in [1.54, 1.807) is 6.07 Å². The third kappa shape index (κ3) is 7.04. The van der Waals surface area contributed by atoms with Gasteiger partial charge in [-0.15, -0.1) is 0 Å². The second-order valence-electron chi connectivity index (χ2n) is 9.35. The molecule has 2 N–H and O–H groups in total. The molecular formula is C29H28FN3O5S2. The summed E-state index contributed by atoms with van der Waals surface area (Å²) < 4.78 is 67.5. The number of sulfonamides is 2. The molecule has 0 saturated carbocycles. The van der Waals surface area contributed by atoms with Gasteiger partial charge >= 0.3 is 0 Å². The predicted molar refractivity (Wildman–Crippen MR) is 155 cm³/mol. The van der Waals surface area contributed by atoms with Crippen molar-refractivity contribution in [3.63, 3.8) is 0 Å². The first kappa shape index (κ1) is 28.8. The summed E-state index contributed by atoms with van der Waals surface area (Å²) in [6.07, 6.45) is 1.07. The van der Waals surface area contributed by atoms with Crippen molar-refractivity contribution >= 4 is 43.0 Å². The van der Waals surface area contributed by atoms with Gasteiger partial charge in [-0.2, -0.15) is 0 Å². The monoisotopic (exact) mass is 581 g/mol. The maximum atomic E-state index is 13.2. The van der Waals surface area contributed by atoms with Crippen molar-refractivity contribution in [3.05, 3.63) is 119 Å². The van der Waals surface area contributed by atoms with Crippen LogP contribution in [-0.4, -0.2) is 29.0 Å². The van der Waals surface area contributed by atoms with Crippen LogP contribution in [0.1, 0.15) is 27.0 Å². The summed E-state index contributed by atoms with van der Waals surface area (Å²) in [6, 6.07) is 22.8. The second kappa shape index (κ2) is 11.5. The van der Waals surface area contributed by atoms with E-state index in [0.29, 0.717) is 22.6 Å². The number of hydrogen-bond donors (Lipinski definition) is 2. The molecule has 0 spiro atoms. The van der Waals surface area contributed by atoms with E-state index >= 15 is 0 Å². The zero-order chi connectivity index (χ0) is 29.1. The quantitative estimate of drug-likeness (QED) is 0.273. The summed E-state index contributed by atoms with van der Waals surface area (Å²) in [7, 11) is -7.50. The average Bonchev–Trinajstić information content (AvgIpc) is 2.90. The fourth-order valence-corrected chi connectivity index (χ4v) is 5.91. The Balaban J connectivity index is 1.45. The van der Waals surface area contributed by atoms with Gasteiger partial charge in [-0.25, -0.2) is 21.2 Å². The van der Waals surface area contributed by atoms with Crippen LogP contribution in [0.25, 0.3) is 0 Å². The zero-order valence-electron chi connectivity index (χ0n) is 22.1. The van der Waals surface area contributed by atoms with Crippen molar-refractivity contribution < 1.29 is 26.0 Å². The lowest BCUT2D eigenvalue weighted by molar-refractivity contribution is 0.102. The molecule has 40 heavy (non-hydrogen) atoms. The van der Waals surface area contributed by atoms with Crippen LogP contribution in [0.4, 0.5) is 21.5 Å². The number of carbonyl (C=O) groups excluding carboxylic acids is 1. The van der Waals surface area contributed by atoms with Gasteiger partial charge in [0.05, 0.1) is 29.1 Å². The van der Waals surface area contributed by atoms with Gasteiger partial charge in [0, 0.05) is 11.3 Å². The topological polar surface area (TPSA) is 113 Å². The number of nitrogens with zero attached hydrogens (tertiary/aromatic N) is 1. The normalized spacial score (nSPS) is 11.6. The van der Waals surface area contributed by atoms with E-state index in [2.05, 4.69) is 10.0 Å². The molecule has 0 aliphatic rings. The van der Waals surface area contributed by atoms with Gasteiger partial charge < -0.3 is 5.32 Å². The fraction of sp³-hybridized carbons (Fsp3) is 0.138. The summed E-state index contributed by atoms with van der Waals surface area (Å²) in [6.45, 7) is 3.68. The van der Waals surface area contributed by atoms with E-state index in [-0.39, 0.29) is 17.0 Å². The second-order valence-corrected chi connectivity index (χ2v) is 12.9. The Kier molecular flexibility index (Phi) is 8.26. The first-order valence-corrected chi connectivity index (χ1v) is 15.5. The Hall–Kier alpha value is -4.22. The Labute approximate surface area is 233 Å². The smallest absolute Gasteiger partial charge is 0.261 e. The molecule has 4 aromatic carbocycles. The van der Waals surface area contributed by atoms with Crippen molar-refractivity contribution in [2.45, 2.75) is 25.3 Å². The number of hydrogen-bond acceptors (Lipinski definition) is 5. The van der Waals surface area contributed by atoms with E-state index < -0.39 is 31.8 Å².